The molecule has 5 aromatic rings. The SMILES string of the molecule is N#Cc1ccc(COc2cccc(-c3cc(F)c(Cc4nnc(-c5cc(=O)[nH]o5)n4CC4CCCO4)cc3F)n2)c(F)c1. The van der Waals surface area contributed by atoms with Crippen LogP contribution in [0.25, 0.3) is 22.8 Å². The molecule has 10 nitrogen and oxygen atoms in total. The van der Waals surface area contributed by atoms with E-state index in [4.69, 9.17) is 19.3 Å². The number of aromatic amines is 1. The van der Waals surface area contributed by atoms with Crippen molar-refractivity contribution in [3.05, 3.63) is 105 Å². The molecule has 13 heteroatoms. The van der Waals surface area contributed by atoms with Crippen molar-refractivity contribution < 1.29 is 27.2 Å². The van der Waals surface area contributed by atoms with E-state index < -0.39 is 23.0 Å². The van der Waals surface area contributed by atoms with Crippen molar-refractivity contribution in [2.24, 2.45) is 0 Å². The summed E-state index contributed by atoms with van der Waals surface area (Å²) in [5.74, 6) is -1.16. The second-order valence-electron chi connectivity index (χ2n) is 9.93. The van der Waals surface area contributed by atoms with E-state index in [9.17, 15) is 9.18 Å². The van der Waals surface area contributed by atoms with E-state index >= 15 is 8.78 Å². The Morgan fingerprint density at radius 3 is 2.65 bits per heavy atom. The zero-order valence-corrected chi connectivity index (χ0v) is 22.5. The number of pyridine rings is 1. The molecule has 1 aliphatic heterocycles. The predicted octanol–water partition coefficient (Wildman–Crippen LogP) is 4.93. The third-order valence-corrected chi connectivity index (χ3v) is 7.02. The third kappa shape index (κ3) is 6.05. The van der Waals surface area contributed by atoms with Crippen LogP contribution in [0.3, 0.4) is 0 Å². The van der Waals surface area contributed by atoms with Crippen LogP contribution < -0.4 is 10.3 Å². The normalized spacial score (nSPS) is 14.6. The highest BCUT2D eigenvalue weighted by Gasteiger charge is 2.24. The molecule has 0 spiro atoms. The minimum absolute atomic E-state index is 0.0352. The Morgan fingerprint density at radius 2 is 1.91 bits per heavy atom. The average Bonchev–Trinajstić information content (AvgIpc) is 3.77. The Kier molecular flexibility index (Phi) is 7.76. The third-order valence-electron chi connectivity index (χ3n) is 7.02. The number of nitriles is 1. The summed E-state index contributed by atoms with van der Waals surface area (Å²) in [5.41, 5.74) is 0.00475. The van der Waals surface area contributed by atoms with Gasteiger partial charge in [0.25, 0.3) is 5.56 Å². The Balaban J connectivity index is 1.24. The number of nitrogens with one attached hydrogen (secondary N) is 1. The number of benzene rings is 2. The largest absolute Gasteiger partial charge is 0.473 e. The zero-order valence-electron chi connectivity index (χ0n) is 22.5. The van der Waals surface area contributed by atoms with Gasteiger partial charge in [0.2, 0.25) is 17.5 Å². The van der Waals surface area contributed by atoms with Crippen LogP contribution in [0.15, 0.2) is 63.9 Å². The molecule has 1 aliphatic rings. The molecule has 218 valence electrons. The van der Waals surface area contributed by atoms with Crippen molar-refractivity contribution >= 4 is 0 Å². The van der Waals surface area contributed by atoms with Crippen molar-refractivity contribution in [1.29, 1.82) is 5.26 Å². The highest BCUT2D eigenvalue weighted by molar-refractivity contribution is 5.61. The molecular weight excluding hydrogens is 565 g/mol. The van der Waals surface area contributed by atoms with E-state index in [0.717, 1.165) is 31.0 Å². The number of H-pyrrole nitrogens is 1. The van der Waals surface area contributed by atoms with Gasteiger partial charge in [-0.1, -0.05) is 12.1 Å². The smallest absolute Gasteiger partial charge is 0.280 e. The highest BCUT2D eigenvalue weighted by atomic mass is 19.1. The Hall–Kier alpha value is -5.22. The summed E-state index contributed by atoms with van der Waals surface area (Å²) >= 11 is 0. The molecule has 1 saturated heterocycles. The summed E-state index contributed by atoms with van der Waals surface area (Å²) in [4.78, 5) is 15.9. The predicted molar refractivity (Wildman–Crippen MR) is 145 cm³/mol. The summed E-state index contributed by atoms with van der Waals surface area (Å²) < 4.78 is 63.2. The van der Waals surface area contributed by atoms with Gasteiger partial charge >= 0.3 is 0 Å². The lowest BCUT2D eigenvalue weighted by Crippen LogP contribution is -2.18. The first-order valence-electron chi connectivity index (χ1n) is 13.4. The molecule has 1 fully saturated rings. The van der Waals surface area contributed by atoms with Crippen molar-refractivity contribution in [2.45, 2.75) is 38.5 Å². The number of nitrogens with zero attached hydrogens (tertiary/aromatic N) is 5. The number of ether oxygens (including phenoxy) is 2. The standard InChI is InChI=1S/C30H23F3N6O4/c31-22-9-17(14-34)6-7-18(22)16-42-29-5-1-4-25(35-29)21-12-23(32)19(10-24(21)33)11-27-36-37-30(26-13-28(40)38-43-26)39(27)15-20-3-2-8-41-20/h1,4-7,9-10,12-13,20H,2-3,8,11,15-16H2,(H,38,40). The van der Waals surface area contributed by atoms with Crippen LogP contribution in [0.4, 0.5) is 13.2 Å². The molecule has 0 saturated carbocycles. The van der Waals surface area contributed by atoms with Gasteiger partial charge < -0.3 is 18.6 Å². The second kappa shape index (κ2) is 11.9. The maximum Gasteiger partial charge on any atom is 0.280 e. The van der Waals surface area contributed by atoms with Crippen molar-refractivity contribution in [2.75, 3.05) is 6.61 Å². The van der Waals surface area contributed by atoms with Gasteiger partial charge in [0.1, 0.15) is 29.9 Å². The number of halogens is 3. The summed E-state index contributed by atoms with van der Waals surface area (Å²) in [6.07, 6.45) is 1.48. The lowest BCUT2D eigenvalue weighted by atomic mass is 10.0. The fraction of sp³-hybridized carbons (Fsp3) is 0.233. The molecule has 0 aliphatic carbocycles. The van der Waals surface area contributed by atoms with E-state index in [1.165, 1.54) is 30.3 Å². The summed E-state index contributed by atoms with van der Waals surface area (Å²) in [6.45, 7) is 0.785. The van der Waals surface area contributed by atoms with E-state index in [-0.39, 0.29) is 64.5 Å². The van der Waals surface area contributed by atoms with Crippen LogP contribution in [-0.2, 0) is 24.3 Å². The fourth-order valence-corrected chi connectivity index (χ4v) is 4.85. The zero-order chi connectivity index (χ0) is 29.9. The van der Waals surface area contributed by atoms with Crippen LogP contribution in [0, 0.1) is 28.8 Å². The molecule has 0 radical (unpaired) electrons. The van der Waals surface area contributed by atoms with Crippen molar-refractivity contribution in [1.82, 2.24) is 24.9 Å². The van der Waals surface area contributed by atoms with Gasteiger partial charge in [-0.2, -0.15) is 10.4 Å². The number of hydrogen-bond acceptors (Lipinski definition) is 8. The van der Waals surface area contributed by atoms with Crippen LogP contribution in [-0.4, -0.2) is 37.6 Å². The number of aromatic nitrogens is 5. The molecule has 0 amide bonds. The second-order valence-corrected chi connectivity index (χ2v) is 9.93. The molecule has 0 bridgehead atoms. The van der Waals surface area contributed by atoms with Gasteiger partial charge in [-0.05, 0) is 48.7 Å². The lowest BCUT2D eigenvalue weighted by Gasteiger charge is -2.15. The fourth-order valence-electron chi connectivity index (χ4n) is 4.85. The summed E-state index contributed by atoms with van der Waals surface area (Å²) in [7, 11) is 0. The molecule has 1 unspecified atom stereocenters. The number of rotatable bonds is 9. The van der Waals surface area contributed by atoms with Crippen LogP contribution in [0.2, 0.25) is 0 Å². The van der Waals surface area contributed by atoms with Gasteiger partial charge in [0.15, 0.2) is 0 Å². The molecule has 2 aromatic carbocycles. The first kappa shape index (κ1) is 27.9. The van der Waals surface area contributed by atoms with Gasteiger partial charge in [0, 0.05) is 30.2 Å². The molecule has 4 heterocycles. The molecule has 43 heavy (non-hydrogen) atoms. The van der Waals surface area contributed by atoms with Gasteiger partial charge in [0.05, 0.1) is 36.0 Å². The minimum Gasteiger partial charge on any atom is -0.473 e. The molecule has 6 rings (SSSR count). The van der Waals surface area contributed by atoms with Gasteiger partial charge in [-0.3, -0.25) is 4.79 Å². The van der Waals surface area contributed by atoms with Crippen molar-refractivity contribution in [3.8, 4) is 34.8 Å². The quantitative estimate of drug-likeness (QED) is 0.257. The van der Waals surface area contributed by atoms with Gasteiger partial charge in [-0.25, -0.2) is 18.2 Å². The Bertz CT molecular complexity index is 1890. The summed E-state index contributed by atoms with van der Waals surface area (Å²) in [6, 6.07) is 13.8. The van der Waals surface area contributed by atoms with E-state index in [2.05, 4.69) is 20.3 Å². The van der Waals surface area contributed by atoms with E-state index in [1.807, 2.05) is 6.07 Å². The molecule has 1 N–H and O–H groups in total. The Labute approximate surface area is 242 Å². The van der Waals surface area contributed by atoms with E-state index in [1.54, 1.807) is 10.6 Å². The lowest BCUT2D eigenvalue weighted by molar-refractivity contribution is 0.0965. The first-order valence-corrected chi connectivity index (χ1v) is 13.4. The van der Waals surface area contributed by atoms with Crippen LogP contribution in [0.1, 0.15) is 35.4 Å². The van der Waals surface area contributed by atoms with Gasteiger partial charge in [-0.15, -0.1) is 10.2 Å². The van der Waals surface area contributed by atoms with Crippen molar-refractivity contribution in [3.63, 3.8) is 0 Å². The molecule has 1 atom stereocenters. The average molecular weight is 589 g/mol. The topological polar surface area (TPSA) is 132 Å². The van der Waals surface area contributed by atoms with E-state index in [0.29, 0.717) is 19.0 Å². The first-order chi connectivity index (χ1) is 20.9. The van der Waals surface area contributed by atoms with Crippen LogP contribution in [0.5, 0.6) is 5.88 Å². The summed E-state index contributed by atoms with van der Waals surface area (Å²) in [5, 5.41) is 19.4. The maximum absolute atomic E-state index is 15.4. The monoisotopic (exact) mass is 588 g/mol. The highest BCUT2D eigenvalue weighted by Crippen LogP contribution is 2.28. The number of hydrogen-bond donors (Lipinski definition) is 1. The minimum atomic E-state index is -0.721. The Morgan fingerprint density at radius 1 is 1.05 bits per heavy atom. The van der Waals surface area contributed by atoms with Crippen LogP contribution >= 0.6 is 0 Å². The molecular formula is C30H23F3N6O4. The maximum atomic E-state index is 15.4. The molecule has 3 aromatic heterocycles.